The maximum Gasteiger partial charge on any atom is 0.229 e. The van der Waals surface area contributed by atoms with Crippen LogP contribution in [-0.4, -0.2) is 32.6 Å². The van der Waals surface area contributed by atoms with Crippen molar-refractivity contribution in [3.8, 4) is 11.5 Å². The highest BCUT2D eigenvalue weighted by Crippen LogP contribution is 2.34. The Morgan fingerprint density at radius 2 is 1.97 bits per heavy atom. The number of benzene rings is 2. The average Bonchev–Trinajstić information content (AvgIpc) is 3.15. The van der Waals surface area contributed by atoms with Gasteiger partial charge in [-0.25, -0.2) is 0 Å². The molecule has 3 rings (SSSR count). The molecule has 1 saturated heterocycles. The molecule has 2 unspecified atom stereocenters. The summed E-state index contributed by atoms with van der Waals surface area (Å²) >= 11 is 0. The third kappa shape index (κ3) is 4.36. The highest BCUT2D eigenvalue weighted by molar-refractivity contribution is 6.04. The molecule has 6 heteroatoms. The second kappa shape index (κ2) is 8.99. The number of nitrogens with zero attached hydrogens (tertiary/aromatic N) is 1. The Morgan fingerprint density at radius 1 is 1.21 bits per heavy atom. The van der Waals surface area contributed by atoms with Gasteiger partial charge in [0, 0.05) is 24.7 Å². The number of hydrogen-bond acceptors (Lipinski definition) is 4. The predicted molar refractivity (Wildman–Crippen MR) is 114 cm³/mol. The summed E-state index contributed by atoms with van der Waals surface area (Å²) in [6.07, 6.45) is 1.18. The van der Waals surface area contributed by atoms with Crippen LogP contribution in [0.4, 0.5) is 11.4 Å². The Labute approximate surface area is 171 Å². The van der Waals surface area contributed by atoms with Gasteiger partial charge in [-0.3, -0.25) is 9.59 Å². The number of ether oxygens (including phenoxy) is 2. The second-order valence-electron chi connectivity index (χ2n) is 7.33. The summed E-state index contributed by atoms with van der Waals surface area (Å²) in [6, 6.07) is 13.2. The molecule has 2 aromatic rings. The van der Waals surface area contributed by atoms with Gasteiger partial charge < -0.3 is 19.7 Å². The molecule has 1 heterocycles. The number of hydrogen-bond donors (Lipinski definition) is 1. The van der Waals surface area contributed by atoms with Crippen molar-refractivity contribution in [1.82, 2.24) is 0 Å². The lowest BCUT2D eigenvalue weighted by atomic mass is 9.96. The van der Waals surface area contributed by atoms with Crippen LogP contribution < -0.4 is 19.7 Å². The fourth-order valence-corrected chi connectivity index (χ4v) is 3.62. The predicted octanol–water partition coefficient (Wildman–Crippen LogP) is 4.21. The summed E-state index contributed by atoms with van der Waals surface area (Å²) in [5.41, 5.74) is 2.61. The van der Waals surface area contributed by atoms with Crippen LogP contribution in [-0.2, 0) is 9.59 Å². The summed E-state index contributed by atoms with van der Waals surface area (Å²) in [5, 5.41) is 2.90. The van der Waals surface area contributed by atoms with Crippen molar-refractivity contribution in [3.63, 3.8) is 0 Å². The molecule has 154 valence electrons. The first-order valence-corrected chi connectivity index (χ1v) is 9.90. The highest BCUT2D eigenvalue weighted by atomic mass is 16.5. The number of anilines is 2. The van der Waals surface area contributed by atoms with E-state index in [1.165, 1.54) is 7.11 Å². The summed E-state index contributed by atoms with van der Waals surface area (Å²) < 4.78 is 10.5. The van der Waals surface area contributed by atoms with E-state index in [-0.39, 0.29) is 18.2 Å². The van der Waals surface area contributed by atoms with Crippen molar-refractivity contribution in [2.45, 2.75) is 32.6 Å². The van der Waals surface area contributed by atoms with Crippen molar-refractivity contribution in [3.05, 3.63) is 48.0 Å². The molecule has 0 aliphatic carbocycles. The third-order valence-corrected chi connectivity index (χ3v) is 5.53. The molecule has 1 aliphatic rings. The maximum absolute atomic E-state index is 12.9. The summed E-state index contributed by atoms with van der Waals surface area (Å²) in [5.74, 6) is 0.868. The molecular formula is C23H28N2O4. The number of amides is 2. The van der Waals surface area contributed by atoms with Gasteiger partial charge in [0.2, 0.25) is 11.8 Å². The van der Waals surface area contributed by atoms with Crippen molar-refractivity contribution >= 4 is 23.2 Å². The number of rotatable bonds is 7. The number of nitrogens with one attached hydrogen (secondary N) is 1. The van der Waals surface area contributed by atoms with Gasteiger partial charge in [-0.15, -0.1) is 0 Å². The Hall–Kier alpha value is -3.02. The summed E-state index contributed by atoms with van der Waals surface area (Å²) in [7, 11) is 3.11. The molecule has 6 nitrogen and oxygen atoms in total. The monoisotopic (exact) mass is 396 g/mol. The molecule has 2 amide bonds. The lowest BCUT2D eigenvalue weighted by Crippen LogP contribution is -2.29. The van der Waals surface area contributed by atoms with Crippen molar-refractivity contribution in [1.29, 1.82) is 0 Å². The Kier molecular flexibility index (Phi) is 6.42. The third-order valence-electron chi connectivity index (χ3n) is 5.53. The number of methoxy groups -OCH3 is 2. The average molecular weight is 396 g/mol. The van der Waals surface area contributed by atoms with E-state index in [4.69, 9.17) is 9.47 Å². The molecule has 0 saturated carbocycles. The fraction of sp³-hybridized carbons (Fsp3) is 0.391. The minimum atomic E-state index is -0.417. The largest absolute Gasteiger partial charge is 0.497 e. The van der Waals surface area contributed by atoms with E-state index >= 15 is 0 Å². The first-order chi connectivity index (χ1) is 14.0. The van der Waals surface area contributed by atoms with Crippen molar-refractivity contribution in [2.24, 2.45) is 5.92 Å². The molecular weight excluding hydrogens is 368 g/mol. The van der Waals surface area contributed by atoms with Crippen LogP contribution in [0.5, 0.6) is 11.5 Å². The van der Waals surface area contributed by atoms with Gasteiger partial charge >= 0.3 is 0 Å². The van der Waals surface area contributed by atoms with E-state index in [0.717, 1.165) is 17.7 Å². The van der Waals surface area contributed by atoms with Gasteiger partial charge in [-0.1, -0.05) is 32.0 Å². The summed E-state index contributed by atoms with van der Waals surface area (Å²) in [6.45, 7) is 4.65. The lowest BCUT2D eigenvalue weighted by molar-refractivity contribution is -0.122. The minimum absolute atomic E-state index is 0.0254. The zero-order valence-corrected chi connectivity index (χ0v) is 17.4. The SMILES string of the molecule is CCC(C)c1ccccc1N1CC(C(=O)Nc2ccc(OC)cc2OC)CC1=O. The van der Waals surface area contributed by atoms with Crippen LogP contribution in [0.25, 0.3) is 0 Å². The summed E-state index contributed by atoms with van der Waals surface area (Å²) in [4.78, 5) is 27.3. The standard InChI is InChI=1S/C23H28N2O4/c1-5-15(2)18-8-6-7-9-20(18)25-14-16(12-22(25)26)23(27)24-19-11-10-17(28-3)13-21(19)29-4/h6-11,13,15-16H,5,12,14H2,1-4H3,(H,24,27). The van der Waals surface area contributed by atoms with Crippen molar-refractivity contribution in [2.75, 3.05) is 31.0 Å². The molecule has 0 aromatic heterocycles. The number of carbonyl (C=O) groups is 2. The lowest BCUT2D eigenvalue weighted by Gasteiger charge is -2.23. The molecule has 1 N–H and O–H groups in total. The molecule has 29 heavy (non-hydrogen) atoms. The van der Waals surface area contributed by atoms with Crippen LogP contribution >= 0.6 is 0 Å². The Morgan fingerprint density at radius 3 is 2.66 bits per heavy atom. The second-order valence-corrected chi connectivity index (χ2v) is 7.33. The normalized spacial score (nSPS) is 17.2. The van der Waals surface area contributed by atoms with Crippen LogP contribution in [0.2, 0.25) is 0 Å². The fourth-order valence-electron chi connectivity index (χ4n) is 3.62. The Bertz CT molecular complexity index is 896. The van der Waals surface area contributed by atoms with E-state index in [0.29, 0.717) is 29.6 Å². The zero-order chi connectivity index (χ0) is 21.0. The molecule has 0 radical (unpaired) electrons. The minimum Gasteiger partial charge on any atom is -0.497 e. The van der Waals surface area contributed by atoms with Gasteiger partial charge in [0.25, 0.3) is 0 Å². The molecule has 1 fully saturated rings. The van der Waals surface area contributed by atoms with Gasteiger partial charge in [0.05, 0.1) is 25.8 Å². The van der Waals surface area contributed by atoms with E-state index < -0.39 is 5.92 Å². The van der Waals surface area contributed by atoms with E-state index in [2.05, 4.69) is 25.2 Å². The Balaban J connectivity index is 1.77. The maximum atomic E-state index is 12.9. The molecule has 0 bridgehead atoms. The zero-order valence-electron chi connectivity index (χ0n) is 17.4. The van der Waals surface area contributed by atoms with E-state index in [1.54, 1.807) is 30.2 Å². The van der Waals surface area contributed by atoms with Crippen LogP contribution in [0.1, 0.15) is 38.2 Å². The number of carbonyl (C=O) groups excluding carboxylic acids is 2. The highest BCUT2D eigenvalue weighted by Gasteiger charge is 2.36. The molecule has 0 spiro atoms. The molecule has 2 aromatic carbocycles. The van der Waals surface area contributed by atoms with E-state index in [9.17, 15) is 9.59 Å². The van der Waals surface area contributed by atoms with Crippen molar-refractivity contribution < 1.29 is 19.1 Å². The number of para-hydroxylation sites is 1. The van der Waals surface area contributed by atoms with Gasteiger partial charge in [-0.2, -0.15) is 0 Å². The van der Waals surface area contributed by atoms with Gasteiger partial charge in [0.15, 0.2) is 0 Å². The van der Waals surface area contributed by atoms with Gasteiger partial charge in [-0.05, 0) is 36.1 Å². The molecule has 2 atom stereocenters. The van der Waals surface area contributed by atoms with Crippen LogP contribution in [0, 0.1) is 5.92 Å². The smallest absolute Gasteiger partial charge is 0.229 e. The first-order valence-electron chi connectivity index (χ1n) is 9.90. The van der Waals surface area contributed by atoms with Gasteiger partial charge in [0.1, 0.15) is 11.5 Å². The molecule has 1 aliphatic heterocycles. The van der Waals surface area contributed by atoms with Crippen LogP contribution in [0.3, 0.4) is 0 Å². The van der Waals surface area contributed by atoms with Crippen LogP contribution in [0.15, 0.2) is 42.5 Å². The quantitative estimate of drug-likeness (QED) is 0.761. The first kappa shape index (κ1) is 20.7. The van der Waals surface area contributed by atoms with E-state index in [1.807, 2.05) is 18.2 Å². The topological polar surface area (TPSA) is 67.9 Å².